The number of aliphatic hydroxyl groups excluding tert-OH is 1. The Morgan fingerprint density at radius 2 is 1.45 bits per heavy atom. The summed E-state index contributed by atoms with van der Waals surface area (Å²) in [7, 11) is -3.35. The van der Waals surface area contributed by atoms with Crippen molar-refractivity contribution in [1.29, 1.82) is 0 Å². The molecule has 0 unspecified atom stereocenters. The Balaban J connectivity index is 2.25. The molecular weight excluding hydrogens is 340 g/mol. The van der Waals surface area contributed by atoms with Crippen LogP contribution in [0.4, 0.5) is 0 Å². The summed E-state index contributed by atoms with van der Waals surface area (Å²) in [6, 6.07) is 17.1. The molecule has 0 bridgehead atoms. The quantitative estimate of drug-likeness (QED) is 0.858. The van der Waals surface area contributed by atoms with Crippen LogP contribution in [0.25, 0.3) is 11.1 Å². The van der Waals surface area contributed by atoms with E-state index in [1.807, 2.05) is 42.5 Å². The van der Waals surface area contributed by atoms with Crippen molar-refractivity contribution in [3.8, 4) is 11.1 Å². The van der Waals surface area contributed by atoms with Gasteiger partial charge < -0.3 is 5.11 Å². The topological polar surface area (TPSA) is 54.4 Å². The Morgan fingerprint density at radius 1 is 0.950 bits per heavy atom. The fraction of sp³-hybridized carbons (Fsp3) is 0.200. The Morgan fingerprint density at radius 3 is 1.95 bits per heavy atom. The standard InChI is InChI=1S/C15H15BrO3S/c1-20(18,19)15(16)14(17)13-9-7-12(8-10-13)11-5-3-2-4-6-11/h2-10,14-15,17H,1H3/t14-,15-/m1/s1. The number of benzene rings is 2. The Bertz CT molecular complexity index is 666. The fourth-order valence-corrected chi connectivity index (χ4v) is 2.82. The van der Waals surface area contributed by atoms with Crippen molar-refractivity contribution in [2.24, 2.45) is 0 Å². The summed E-state index contributed by atoms with van der Waals surface area (Å²) in [6.45, 7) is 0. The average molecular weight is 355 g/mol. The lowest BCUT2D eigenvalue weighted by Crippen LogP contribution is -2.21. The molecule has 0 aliphatic heterocycles. The molecule has 0 aromatic heterocycles. The SMILES string of the molecule is CS(=O)(=O)[C@@H](Br)[C@H](O)c1ccc(-c2ccccc2)cc1. The Kier molecular flexibility index (Phi) is 4.62. The van der Waals surface area contributed by atoms with Crippen LogP contribution in [0.5, 0.6) is 0 Å². The predicted octanol–water partition coefficient (Wildman–Crippen LogP) is 3.15. The van der Waals surface area contributed by atoms with E-state index in [4.69, 9.17) is 0 Å². The van der Waals surface area contributed by atoms with Crippen LogP contribution in [0.2, 0.25) is 0 Å². The summed E-state index contributed by atoms with van der Waals surface area (Å²) in [6.07, 6.45) is 0.00312. The van der Waals surface area contributed by atoms with Crippen LogP contribution in [0, 0.1) is 0 Å². The van der Waals surface area contributed by atoms with Gasteiger partial charge in [0, 0.05) is 6.26 Å². The first-order valence-corrected chi connectivity index (χ1v) is 8.93. The summed E-state index contributed by atoms with van der Waals surface area (Å²) >= 11 is 3.03. The second kappa shape index (κ2) is 6.08. The molecule has 0 saturated heterocycles. The second-order valence-corrected chi connectivity index (χ2v) is 8.37. The highest BCUT2D eigenvalue weighted by atomic mass is 79.9. The largest absolute Gasteiger partial charge is 0.386 e. The molecule has 0 amide bonds. The van der Waals surface area contributed by atoms with E-state index in [0.717, 1.165) is 17.4 Å². The third-order valence-corrected chi connectivity index (χ3v) is 6.63. The van der Waals surface area contributed by atoms with Gasteiger partial charge in [0.15, 0.2) is 9.84 Å². The van der Waals surface area contributed by atoms with Crippen molar-refractivity contribution < 1.29 is 13.5 Å². The molecule has 0 spiro atoms. The zero-order chi connectivity index (χ0) is 14.8. The summed E-state index contributed by atoms with van der Waals surface area (Å²) in [5.41, 5.74) is 2.66. The molecule has 0 fully saturated rings. The van der Waals surface area contributed by atoms with Crippen LogP contribution in [0.15, 0.2) is 54.6 Å². The summed E-state index contributed by atoms with van der Waals surface area (Å²) in [4.78, 5) is 0. The van der Waals surface area contributed by atoms with Crippen molar-refractivity contribution in [2.75, 3.05) is 6.26 Å². The number of sulfone groups is 1. The highest BCUT2D eigenvalue weighted by Gasteiger charge is 2.27. The van der Waals surface area contributed by atoms with Gasteiger partial charge in [0.05, 0.1) is 0 Å². The van der Waals surface area contributed by atoms with E-state index in [2.05, 4.69) is 15.9 Å². The van der Waals surface area contributed by atoms with Gasteiger partial charge in [0.1, 0.15) is 10.3 Å². The minimum absolute atomic E-state index is 0.567. The molecule has 2 rings (SSSR count). The van der Waals surface area contributed by atoms with Crippen LogP contribution < -0.4 is 0 Å². The number of halogens is 1. The lowest BCUT2D eigenvalue weighted by molar-refractivity contribution is 0.195. The van der Waals surface area contributed by atoms with Gasteiger partial charge in [-0.05, 0) is 16.7 Å². The van der Waals surface area contributed by atoms with E-state index in [1.165, 1.54) is 0 Å². The summed E-state index contributed by atoms with van der Waals surface area (Å²) in [5.74, 6) is 0. The van der Waals surface area contributed by atoms with Crippen molar-refractivity contribution in [3.05, 3.63) is 60.2 Å². The number of alkyl halides is 1. The number of rotatable bonds is 4. The van der Waals surface area contributed by atoms with Crippen LogP contribution in [-0.4, -0.2) is 23.9 Å². The zero-order valence-corrected chi connectivity index (χ0v) is 13.3. The van der Waals surface area contributed by atoms with E-state index in [1.54, 1.807) is 12.1 Å². The molecule has 0 saturated carbocycles. The number of hydrogen-bond donors (Lipinski definition) is 1. The molecule has 2 aromatic carbocycles. The van der Waals surface area contributed by atoms with Gasteiger partial charge >= 0.3 is 0 Å². The molecule has 2 atom stereocenters. The van der Waals surface area contributed by atoms with Gasteiger partial charge in [-0.3, -0.25) is 0 Å². The lowest BCUT2D eigenvalue weighted by Gasteiger charge is -2.16. The number of aliphatic hydroxyl groups is 1. The van der Waals surface area contributed by atoms with Gasteiger partial charge in [0.25, 0.3) is 0 Å². The summed E-state index contributed by atoms with van der Waals surface area (Å²) < 4.78 is 21.9. The molecule has 1 N–H and O–H groups in total. The molecule has 3 nitrogen and oxygen atoms in total. The van der Waals surface area contributed by atoms with Crippen molar-refractivity contribution in [1.82, 2.24) is 0 Å². The number of hydrogen-bond acceptors (Lipinski definition) is 3. The van der Waals surface area contributed by atoms with E-state index >= 15 is 0 Å². The van der Waals surface area contributed by atoms with Gasteiger partial charge in [-0.1, -0.05) is 70.5 Å². The monoisotopic (exact) mass is 354 g/mol. The molecule has 5 heteroatoms. The molecular formula is C15H15BrO3S. The highest BCUT2D eigenvalue weighted by molar-refractivity contribution is 9.11. The second-order valence-electron chi connectivity index (χ2n) is 4.61. The van der Waals surface area contributed by atoms with E-state index in [9.17, 15) is 13.5 Å². The Labute approximate surface area is 127 Å². The third kappa shape index (κ3) is 3.48. The maximum absolute atomic E-state index is 11.4. The molecule has 20 heavy (non-hydrogen) atoms. The molecule has 0 aliphatic rings. The average Bonchev–Trinajstić information content (AvgIpc) is 2.46. The van der Waals surface area contributed by atoms with E-state index < -0.39 is 20.1 Å². The fourth-order valence-electron chi connectivity index (χ4n) is 1.89. The van der Waals surface area contributed by atoms with Crippen LogP contribution in [0.1, 0.15) is 11.7 Å². The normalized spacial score (nSPS) is 14.8. The smallest absolute Gasteiger partial charge is 0.163 e. The predicted molar refractivity (Wildman–Crippen MR) is 84.4 cm³/mol. The van der Waals surface area contributed by atoms with Crippen LogP contribution in [0.3, 0.4) is 0 Å². The minimum Gasteiger partial charge on any atom is -0.386 e. The first-order chi connectivity index (χ1) is 9.39. The molecule has 2 aromatic rings. The molecule has 0 heterocycles. The van der Waals surface area contributed by atoms with E-state index in [0.29, 0.717) is 5.56 Å². The van der Waals surface area contributed by atoms with Crippen LogP contribution in [-0.2, 0) is 9.84 Å². The lowest BCUT2D eigenvalue weighted by atomic mass is 10.0. The van der Waals surface area contributed by atoms with Gasteiger partial charge in [-0.15, -0.1) is 0 Å². The van der Waals surface area contributed by atoms with Crippen LogP contribution >= 0.6 is 15.9 Å². The van der Waals surface area contributed by atoms with Crippen molar-refractivity contribution >= 4 is 25.8 Å². The van der Waals surface area contributed by atoms with Gasteiger partial charge in [-0.25, -0.2) is 8.42 Å². The maximum Gasteiger partial charge on any atom is 0.163 e. The highest BCUT2D eigenvalue weighted by Crippen LogP contribution is 2.28. The first kappa shape index (κ1) is 15.2. The summed E-state index contributed by atoms with van der Waals surface area (Å²) in [5, 5.41) is 10.1. The van der Waals surface area contributed by atoms with Gasteiger partial charge in [0.2, 0.25) is 0 Å². The van der Waals surface area contributed by atoms with Crippen molar-refractivity contribution in [2.45, 2.75) is 10.3 Å². The van der Waals surface area contributed by atoms with Crippen molar-refractivity contribution in [3.63, 3.8) is 0 Å². The first-order valence-electron chi connectivity index (χ1n) is 6.06. The molecule has 0 radical (unpaired) electrons. The van der Waals surface area contributed by atoms with E-state index in [-0.39, 0.29) is 0 Å². The molecule has 0 aliphatic carbocycles. The third-order valence-electron chi connectivity index (χ3n) is 3.02. The zero-order valence-electron chi connectivity index (χ0n) is 10.9. The molecule has 106 valence electrons. The maximum atomic E-state index is 11.4. The minimum atomic E-state index is -3.35. The Hall–Kier alpha value is -1.17. The van der Waals surface area contributed by atoms with Gasteiger partial charge in [-0.2, -0.15) is 0 Å².